The first kappa shape index (κ1) is 19.1. The third-order valence-electron chi connectivity index (χ3n) is 2.59. The number of hydrogen-bond acceptors (Lipinski definition) is 3. The molecule has 2 aromatic carbocycles. The third-order valence-corrected chi connectivity index (χ3v) is 8.35. The molecule has 0 aromatic heterocycles. The van der Waals surface area contributed by atoms with Crippen LogP contribution < -0.4 is 9.47 Å². The van der Waals surface area contributed by atoms with Crippen LogP contribution in [0.5, 0.6) is 23.0 Å². The molecule has 0 bridgehead atoms. The predicted octanol–water partition coefficient (Wildman–Crippen LogP) is 7.77. The number of aromatic hydroxyl groups is 1. The molecule has 0 spiro atoms. The molecule has 0 saturated heterocycles. The maximum Gasteiger partial charge on any atom is 0.185 e. The molecule has 22 heavy (non-hydrogen) atoms. The quantitative estimate of drug-likeness (QED) is 0.265. The molecule has 0 atom stereocenters. The van der Waals surface area contributed by atoms with Crippen molar-refractivity contribution in [2.24, 2.45) is 0 Å². The van der Waals surface area contributed by atoms with Gasteiger partial charge in [0.25, 0.3) is 0 Å². The van der Waals surface area contributed by atoms with Crippen LogP contribution in [0.25, 0.3) is 0 Å². The van der Waals surface area contributed by atoms with Crippen LogP contribution in [0.3, 0.4) is 0 Å². The van der Waals surface area contributed by atoms with Gasteiger partial charge in [-0.15, -0.1) is 0 Å². The molecule has 0 unspecified atom stereocenters. The van der Waals surface area contributed by atoms with Gasteiger partial charge < -0.3 is 14.6 Å². The van der Waals surface area contributed by atoms with Crippen LogP contribution >= 0.6 is 95.6 Å². The molecule has 9 heteroatoms. The van der Waals surface area contributed by atoms with E-state index < -0.39 is 0 Å². The van der Waals surface area contributed by atoms with E-state index in [9.17, 15) is 5.11 Å². The fourth-order valence-electron chi connectivity index (χ4n) is 1.61. The molecule has 2 rings (SSSR count). The summed E-state index contributed by atoms with van der Waals surface area (Å²) in [5, 5.41) is 10.3. The Kier molecular flexibility index (Phi) is 6.70. The lowest BCUT2D eigenvalue weighted by atomic mass is 10.3. The molecule has 0 radical (unpaired) electrons. The second-order valence-electron chi connectivity index (χ2n) is 3.95. The Bertz CT molecular complexity index is 718. The molecule has 0 heterocycles. The van der Waals surface area contributed by atoms with Gasteiger partial charge in [0.2, 0.25) is 0 Å². The molecule has 2 aromatic rings. The zero-order valence-electron chi connectivity index (χ0n) is 10.7. The second kappa shape index (κ2) is 7.74. The summed E-state index contributed by atoms with van der Waals surface area (Å²) in [6.45, 7) is 0. The Morgan fingerprint density at radius 1 is 0.818 bits per heavy atom. The summed E-state index contributed by atoms with van der Waals surface area (Å²) in [7, 11) is 1.54. The molecule has 3 nitrogen and oxygen atoms in total. The number of rotatable bonds is 3. The lowest BCUT2D eigenvalue weighted by molar-refractivity contribution is 0.362. The van der Waals surface area contributed by atoms with E-state index in [0.29, 0.717) is 29.4 Å². The minimum absolute atomic E-state index is 0.0416. The van der Waals surface area contributed by atoms with Gasteiger partial charge in [-0.2, -0.15) is 0 Å². The average molecular weight is 690 g/mol. The minimum atomic E-state index is -0.0416. The number of phenols is 1. The summed E-state index contributed by atoms with van der Waals surface area (Å²) < 4.78 is 15.2. The van der Waals surface area contributed by atoms with Crippen LogP contribution in [0.1, 0.15) is 0 Å². The van der Waals surface area contributed by atoms with E-state index in [1.54, 1.807) is 13.2 Å². The molecule has 118 valence electrons. The summed E-state index contributed by atoms with van der Waals surface area (Å²) >= 11 is 20.3. The Morgan fingerprint density at radius 2 is 1.41 bits per heavy atom. The van der Waals surface area contributed by atoms with Crippen molar-refractivity contribution in [3.05, 3.63) is 39.0 Å². The van der Waals surface area contributed by atoms with E-state index in [-0.39, 0.29) is 11.5 Å². The molecule has 0 aliphatic carbocycles. The van der Waals surface area contributed by atoms with Gasteiger partial charge in [-0.3, -0.25) is 0 Å². The number of hydrogen-bond donors (Lipinski definition) is 1. The summed E-state index contributed by atoms with van der Waals surface area (Å²) in [5.41, 5.74) is 0. The maximum atomic E-state index is 10.3. The standard InChI is InChI=1S/C13H6Br6O3/c1-21-12-5(15)2-4(14)3-6(12)22-13-10(19)8(17)7(16)9(18)11(13)20/h2-3,20H,1H3. The topological polar surface area (TPSA) is 38.7 Å². The van der Waals surface area contributed by atoms with Crippen LogP contribution in [-0.2, 0) is 0 Å². The van der Waals surface area contributed by atoms with E-state index in [0.717, 1.165) is 8.95 Å². The first-order chi connectivity index (χ1) is 10.3. The SMILES string of the molecule is COc1c(Br)cc(Br)cc1Oc1c(O)c(Br)c(Br)c(Br)c1Br. The van der Waals surface area contributed by atoms with E-state index in [4.69, 9.17) is 9.47 Å². The van der Waals surface area contributed by atoms with Gasteiger partial charge in [-0.05, 0) is 91.8 Å². The van der Waals surface area contributed by atoms with Crippen molar-refractivity contribution in [1.82, 2.24) is 0 Å². The first-order valence-corrected chi connectivity index (χ1v) is 10.3. The van der Waals surface area contributed by atoms with Crippen LogP contribution in [0.2, 0.25) is 0 Å². The first-order valence-electron chi connectivity index (χ1n) is 5.53. The van der Waals surface area contributed by atoms with E-state index in [1.165, 1.54) is 0 Å². The maximum absolute atomic E-state index is 10.3. The molecule has 0 saturated carbocycles. The van der Waals surface area contributed by atoms with Crippen LogP contribution in [0, 0.1) is 0 Å². The van der Waals surface area contributed by atoms with Crippen LogP contribution in [0.15, 0.2) is 39.0 Å². The number of methoxy groups -OCH3 is 1. The molecule has 0 aliphatic heterocycles. The fourth-order valence-corrected chi connectivity index (χ4v) is 5.10. The van der Waals surface area contributed by atoms with E-state index >= 15 is 0 Å². The zero-order chi connectivity index (χ0) is 16.6. The zero-order valence-corrected chi connectivity index (χ0v) is 20.2. The van der Waals surface area contributed by atoms with Crippen LogP contribution in [-0.4, -0.2) is 12.2 Å². The Morgan fingerprint density at radius 3 is 2.00 bits per heavy atom. The van der Waals surface area contributed by atoms with Gasteiger partial charge in [-0.1, -0.05) is 15.9 Å². The van der Waals surface area contributed by atoms with Gasteiger partial charge in [0.15, 0.2) is 23.0 Å². The average Bonchev–Trinajstić information content (AvgIpc) is 2.47. The van der Waals surface area contributed by atoms with E-state index in [1.807, 2.05) is 6.07 Å². The predicted molar refractivity (Wildman–Crippen MR) is 107 cm³/mol. The van der Waals surface area contributed by atoms with Crippen LogP contribution in [0.4, 0.5) is 0 Å². The highest BCUT2D eigenvalue weighted by molar-refractivity contribution is 9.15. The number of benzene rings is 2. The number of halogens is 6. The van der Waals surface area contributed by atoms with Gasteiger partial charge in [-0.25, -0.2) is 0 Å². The monoisotopic (exact) mass is 684 g/mol. The van der Waals surface area contributed by atoms with Crippen molar-refractivity contribution in [3.8, 4) is 23.0 Å². The molecular formula is C13H6Br6O3. The van der Waals surface area contributed by atoms with Gasteiger partial charge in [0.1, 0.15) is 0 Å². The third kappa shape index (κ3) is 3.69. The van der Waals surface area contributed by atoms with E-state index in [2.05, 4.69) is 95.6 Å². The Hall–Kier alpha value is 0.720. The van der Waals surface area contributed by atoms with Crippen molar-refractivity contribution >= 4 is 95.6 Å². The summed E-state index contributed by atoms with van der Waals surface area (Å²) in [6.07, 6.45) is 0. The van der Waals surface area contributed by atoms with Crippen molar-refractivity contribution in [2.75, 3.05) is 7.11 Å². The molecule has 0 fully saturated rings. The highest BCUT2D eigenvalue weighted by atomic mass is 79.9. The molecule has 1 N–H and O–H groups in total. The summed E-state index contributed by atoms with van der Waals surface area (Å²) in [4.78, 5) is 0. The molecule has 0 aliphatic rings. The van der Waals surface area contributed by atoms with Crippen molar-refractivity contribution in [2.45, 2.75) is 0 Å². The van der Waals surface area contributed by atoms with Gasteiger partial charge in [0, 0.05) is 4.47 Å². The minimum Gasteiger partial charge on any atom is -0.503 e. The smallest absolute Gasteiger partial charge is 0.185 e. The largest absolute Gasteiger partial charge is 0.503 e. The second-order valence-corrected chi connectivity index (χ2v) is 8.90. The van der Waals surface area contributed by atoms with Gasteiger partial charge in [0.05, 0.1) is 29.5 Å². The number of ether oxygens (including phenoxy) is 2. The Balaban J connectivity index is 2.62. The summed E-state index contributed by atoms with van der Waals surface area (Å²) in [5.74, 6) is 1.18. The fraction of sp³-hybridized carbons (Fsp3) is 0.0769. The van der Waals surface area contributed by atoms with Gasteiger partial charge >= 0.3 is 0 Å². The highest BCUT2D eigenvalue weighted by Gasteiger charge is 2.22. The lowest BCUT2D eigenvalue weighted by Gasteiger charge is -2.16. The molecule has 0 amide bonds. The Labute approximate surface area is 177 Å². The lowest BCUT2D eigenvalue weighted by Crippen LogP contribution is -1.94. The van der Waals surface area contributed by atoms with Crippen molar-refractivity contribution in [1.29, 1.82) is 0 Å². The number of phenolic OH excluding ortho intramolecular Hbond substituents is 1. The van der Waals surface area contributed by atoms with Crippen molar-refractivity contribution in [3.63, 3.8) is 0 Å². The highest BCUT2D eigenvalue weighted by Crippen LogP contribution is 2.52. The normalized spacial score (nSPS) is 10.7. The van der Waals surface area contributed by atoms with Crippen molar-refractivity contribution < 1.29 is 14.6 Å². The molecular weight excluding hydrogens is 684 g/mol. The summed E-state index contributed by atoms with van der Waals surface area (Å²) in [6, 6.07) is 3.59.